The molecule has 0 rings (SSSR count). The highest BCUT2D eigenvalue weighted by molar-refractivity contribution is 8.19. The third-order valence-corrected chi connectivity index (χ3v) is 0.822. The maximum atomic E-state index is 7.96. The monoisotopic (exact) mass is 111 g/mol. The first kappa shape index (κ1) is 6.23. The Labute approximate surface area is 38.2 Å². The second-order valence-electron chi connectivity index (χ2n) is 0.836. The Bertz CT molecular complexity index is 38.5. The average Bonchev–Trinajstić information content (AvgIpc) is 1.35. The Hall–Kier alpha value is 0.230. The summed E-state index contributed by atoms with van der Waals surface area (Å²) < 4.78 is 23.9. The molecule has 0 saturated carbocycles. The minimum absolute atomic E-state index is 0.229. The molecule has 0 spiro atoms. The Morgan fingerprint density at radius 3 is 1.50 bits per heavy atom. The van der Waals surface area contributed by atoms with Crippen molar-refractivity contribution in [3.05, 3.63) is 6.92 Å². The van der Waals surface area contributed by atoms with Gasteiger partial charge in [-0.2, -0.15) is 0 Å². The van der Waals surface area contributed by atoms with Gasteiger partial charge in [-0.3, -0.25) is 0 Å². The van der Waals surface area contributed by atoms with Crippen molar-refractivity contribution < 1.29 is 13.7 Å². The SMILES string of the molecule is [CH2]CS(O)(O)O. The smallest absolute Gasteiger partial charge is 0.0810 e. The van der Waals surface area contributed by atoms with Crippen LogP contribution in [-0.4, -0.2) is 19.4 Å². The second-order valence-corrected chi connectivity index (χ2v) is 2.51. The van der Waals surface area contributed by atoms with Gasteiger partial charge < -0.3 is 13.7 Å². The van der Waals surface area contributed by atoms with Crippen molar-refractivity contribution >= 4 is 10.9 Å². The standard InChI is InChI=1S/C2H7O3S/c1-2-6(3,4)5/h3-5H,1-2H2. The molecule has 0 bridgehead atoms. The molecule has 0 heterocycles. The summed E-state index contributed by atoms with van der Waals surface area (Å²) in [6.45, 7) is 3.04. The zero-order chi connectivity index (χ0) is 5.21. The highest BCUT2D eigenvalue weighted by Gasteiger charge is 2.03. The van der Waals surface area contributed by atoms with Crippen molar-refractivity contribution in [3.8, 4) is 0 Å². The van der Waals surface area contributed by atoms with E-state index in [1.807, 2.05) is 0 Å². The van der Waals surface area contributed by atoms with Crippen LogP contribution < -0.4 is 0 Å². The highest BCUT2D eigenvalue weighted by Crippen LogP contribution is 2.30. The van der Waals surface area contributed by atoms with E-state index in [4.69, 9.17) is 13.7 Å². The van der Waals surface area contributed by atoms with E-state index in [0.717, 1.165) is 0 Å². The van der Waals surface area contributed by atoms with Crippen molar-refractivity contribution in [2.45, 2.75) is 0 Å². The van der Waals surface area contributed by atoms with Gasteiger partial charge in [0.15, 0.2) is 0 Å². The topological polar surface area (TPSA) is 60.7 Å². The maximum Gasteiger partial charge on any atom is 0.0810 e. The lowest BCUT2D eigenvalue weighted by Crippen LogP contribution is -1.95. The van der Waals surface area contributed by atoms with Gasteiger partial charge in [-0.1, -0.05) is 0 Å². The molecule has 0 aliphatic heterocycles. The summed E-state index contributed by atoms with van der Waals surface area (Å²) in [5.74, 6) is -0.229. The van der Waals surface area contributed by atoms with E-state index < -0.39 is 10.9 Å². The van der Waals surface area contributed by atoms with Crippen LogP contribution >= 0.6 is 10.9 Å². The molecule has 0 aromatic carbocycles. The fraction of sp³-hybridized carbons (Fsp3) is 0.500. The highest BCUT2D eigenvalue weighted by atomic mass is 32.3. The molecule has 0 aromatic rings. The largest absolute Gasteiger partial charge is 0.308 e. The lowest BCUT2D eigenvalue weighted by Gasteiger charge is -2.14. The average molecular weight is 111 g/mol. The molecule has 3 N–H and O–H groups in total. The molecular weight excluding hydrogens is 104 g/mol. The van der Waals surface area contributed by atoms with Crippen molar-refractivity contribution in [2.24, 2.45) is 0 Å². The summed E-state index contributed by atoms with van der Waals surface area (Å²) in [6.07, 6.45) is 0. The van der Waals surface area contributed by atoms with Gasteiger partial charge in [-0.15, -0.1) is 0 Å². The molecular formula is C2H7O3S. The fourth-order valence-electron chi connectivity index (χ4n) is 0. The summed E-state index contributed by atoms with van der Waals surface area (Å²) in [7, 11) is -3.27. The van der Waals surface area contributed by atoms with E-state index in [1.165, 1.54) is 0 Å². The van der Waals surface area contributed by atoms with Crippen LogP contribution in [0.25, 0.3) is 0 Å². The molecule has 0 amide bonds. The van der Waals surface area contributed by atoms with Gasteiger partial charge in [0, 0.05) is 5.75 Å². The van der Waals surface area contributed by atoms with Gasteiger partial charge in [-0.25, -0.2) is 0 Å². The van der Waals surface area contributed by atoms with Crippen molar-refractivity contribution in [2.75, 3.05) is 5.75 Å². The van der Waals surface area contributed by atoms with Gasteiger partial charge >= 0.3 is 0 Å². The maximum absolute atomic E-state index is 7.96. The lowest BCUT2D eigenvalue weighted by atomic mass is 11.0. The Morgan fingerprint density at radius 1 is 1.33 bits per heavy atom. The fourth-order valence-corrected chi connectivity index (χ4v) is 0. The van der Waals surface area contributed by atoms with Crippen LogP contribution in [0.15, 0.2) is 0 Å². The van der Waals surface area contributed by atoms with Gasteiger partial charge in [0.25, 0.3) is 0 Å². The summed E-state index contributed by atoms with van der Waals surface area (Å²) in [4.78, 5) is 0. The van der Waals surface area contributed by atoms with E-state index in [9.17, 15) is 0 Å². The van der Waals surface area contributed by atoms with Crippen LogP contribution in [0.1, 0.15) is 0 Å². The Morgan fingerprint density at radius 2 is 1.50 bits per heavy atom. The molecule has 6 heavy (non-hydrogen) atoms. The van der Waals surface area contributed by atoms with Crippen molar-refractivity contribution in [3.63, 3.8) is 0 Å². The molecule has 0 saturated heterocycles. The number of rotatable bonds is 1. The van der Waals surface area contributed by atoms with E-state index in [1.54, 1.807) is 0 Å². The molecule has 3 nitrogen and oxygen atoms in total. The van der Waals surface area contributed by atoms with Crippen LogP contribution in [0.5, 0.6) is 0 Å². The van der Waals surface area contributed by atoms with E-state index in [0.29, 0.717) is 0 Å². The molecule has 4 heteroatoms. The molecule has 0 aliphatic rings. The Balaban J connectivity index is 3.17. The minimum Gasteiger partial charge on any atom is -0.308 e. The molecule has 0 fully saturated rings. The first-order valence-corrected chi connectivity index (χ1v) is 3.01. The third kappa shape index (κ3) is 4.23. The van der Waals surface area contributed by atoms with Gasteiger partial charge in [0.05, 0.1) is 10.9 Å². The Kier molecular flexibility index (Phi) is 1.86. The second kappa shape index (κ2) is 1.79. The predicted molar refractivity (Wildman–Crippen MR) is 25.7 cm³/mol. The quantitative estimate of drug-likeness (QED) is 0.474. The summed E-state index contributed by atoms with van der Waals surface area (Å²) in [5.41, 5.74) is 0. The third-order valence-electron chi connectivity index (χ3n) is 0.274. The molecule has 0 atom stereocenters. The summed E-state index contributed by atoms with van der Waals surface area (Å²) >= 11 is 0. The first-order valence-electron chi connectivity index (χ1n) is 1.34. The molecule has 0 aromatic heterocycles. The number of hydrogen-bond donors (Lipinski definition) is 3. The van der Waals surface area contributed by atoms with Crippen molar-refractivity contribution in [1.29, 1.82) is 0 Å². The van der Waals surface area contributed by atoms with Gasteiger partial charge in [0.1, 0.15) is 0 Å². The molecule has 0 unspecified atom stereocenters. The zero-order valence-electron chi connectivity index (χ0n) is 3.16. The van der Waals surface area contributed by atoms with Crippen LogP contribution in [0, 0.1) is 6.92 Å². The minimum atomic E-state index is -3.27. The van der Waals surface area contributed by atoms with Crippen LogP contribution in [0.3, 0.4) is 0 Å². The predicted octanol–water partition coefficient (Wildman–Crippen LogP) is 1.04. The summed E-state index contributed by atoms with van der Waals surface area (Å²) in [6, 6.07) is 0. The first-order chi connectivity index (χ1) is 2.56. The van der Waals surface area contributed by atoms with E-state index >= 15 is 0 Å². The normalized spacial score (nSPS) is 14.7. The van der Waals surface area contributed by atoms with E-state index in [-0.39, 0.29) is 5.75 Å². The van der Waals surface area contributed by atoms with Crippen molar-refractivity contribution in [1.82, 2.24) is 0 Å². The lowest BCUT2D eigenvalue weighted by molar-refractivity contribution is 0.380. The van der Waals surface area contributed by atoms with Gasteiger partial charge in [-0.05, 0) is 6.92 Å². The summed E-state index contributed by atoms with van der Waals surface area (Å²) in [5, 5.41) is 0. The molecule has 39 valence electrons. The number of hydrogen-bond acceptors (Lipinski definition) is 3. The zero-order valence-corrected chi connectivity index (χ0v) is 3.98. The van der Waals surface area contributed by atoms with Crippen LogP contribution in [0.4, 0.5) is 0 Å². The molecule has 1 radical (unpaired) electrons. The van der Waals surface area contributed by atoms with Crippen LogP contribution in [0.2, 0.25) is 0 Å². The van der Waals surface area contributed by atoms with Crippen LogP contribution in [-0.2, 0) is 0 Å². The van der Waals surface area contributed by atoms with Gasteiger partial charge in [0.2, 0.25) is 0 Å². The van der Waals surface area contributed by atoms with E-state index in [2.05, 4.69) is 6.92 Å². The molecule has 0 aliphatic carbocycles.